The topological polar surface area (TPSA) is 85.3 Å². The van der Waals surface area contributed by atoms with Gasteiger partial charge in [0.05, 0.1) is 26.9 Å². The van der Waals surface area contributed by atoms with Crippen LogP contribution in [0.5, 0.6) is 11.5 Å². The minimum absolute atomic E-state index is 0.0467. The molecule has 1 atom stereocenters. The molecule has 1 aliphatic rings. The average Bonchev–Trinajstić information content (AvgIpc) is 2.60. The molecule has 0 saturated carbocycles. The maximum atomic E-state index is 12.2. The van der Waals surface area contributed by atoms with Gasteiger partial charge in [-0.05, 0) is 30.7 Å². The molecule has 1 aromatic carbocycles. The monoisotopic (exact) mass is 335 g/mol. The summed E-state index contributed by atoms with van der Waals surface area (Å²) in [5.74, 6) is -0.0881. The molecule has 1 saturated heterocycles. The first kappa shape index (κ1) is 17.8. The van der Waals surface area contributed by atoms with Crippen LogP contribution in [-0.4, -0.2) is 61.4 Å². The number of hydrogen-bond acceptors (Lipinski definition) is 5. The van der Waals surface area contributed by atoms with E-state index in [4.69, 9.17) is 19.3 Å². The quantitative estimate of drug-likeness (QED) is 0.792. The summed E-state index contributed by atoms with van der Waals surface area (Å²) in [6.07, 6.45) is 2.10. The highest BCUT2D eigenvalue weighted by molar-refractivity contribution is 5.92. The predicted octanol–water partition coefficient (Wildman–Crippen LogP) is 1.42. The van der Waals surface area contributed by atoms with Crippen molar-refractivity contribution in [1.82, 2.24) is 4.90 Å². The number of aliphatic carboxylic acids is 1. The fourth-order valence-corrected chi connectivity index (χ4v) is 2.33. The molecule has 0 spiro atoms. The minimum atomic E-state index is -1.06. The summed E-state index contributed by atoms with van der Waals surface area (Å²) in [6.45, 7) is 3.06. The Morgan fingerprint density at radius 3 is 2.88 bits per heavy atom. The molecule has 0 aromatic heterocycles. The fraction of sp³-hybridized carbons (Fsp3) is 0.412. The van der Waals surface area contributed by atoms with Gasteiger partial charge >= 0.3 is 5.97 Å². The van der Waals surface area contributed by atoms with Crippen LogP contribution in [0.15, 0.2) is 24.3 Å². The predicted molar refractivity (Wildman–Crippen MR) is 87.2 cm³/mol. The van der Waals surface area contributed by atoms with Crippen LogP contribution in [0, 0.1) is 0 Å². The van der Waals surface area contributed by atoms with Crippen molar-refractivity contribution in [1.29, 1.82) is 0 Å². The molecule has 1 aromatic rings. The smallest absolute Gasteiger partial charge is 0.334 e. The van der Waals surface area contributed by atoms with E-state index >= 15 is 0 Å². The summed E-state index contributed by atoms with van der Waals surface area (Å²) < 4.78 is 15.8. The van der Waals surface area contributed by atoms with Crippen molar-refractivity contribution in [2.45, 2.75) is 13.0 Å². The maximum Gasteiger partial charge on any atom is 0.334 e. The number of carbonyl (C=O) groups is 2. The Hall–Kier alpha value is -2.54. The second-order valence-electron chi connectivity index (χ2n) is 5.16. The molecule has 1 unspecified atom stereocenters. The third-order valence-electron chi connectivity index (χ3n) is 3.56. The first-order chi connectivity index (χ1) is 11.5. The molecule has 130 valence electrons. The van der Waals surface area contributed by atoms with Crippen molar-refractivity contribution in [2.24, 2.45) is 0 Å². The number of carboxylic acid groups (broad SMARTS) is 1. The number of morpholine rings is 1. The third-order valence-corrected chi connectivity index (χ3v) is 3.56. The lowest BCUT2D eigenvalue weighted by molar-refractivity contribution is -0.158. The van der Waals surface area contributed by atoms with Crippen molar-refractivity contribution >= 4 is 18.0 Å². The molecule has 1 heterocycles. The second-order valence-corrected chi connectivity index (χ2v) is 5.16. The van der Waals surface area contributed by atoms with Crippen molar-refractivity contribution in [3.8, 4) is 11.5 Å². The summed E-state index contributed by atoms with van der Waals surface area (Å²) in [4.78, 5) is 24.6. The Bertz CT molecular complexity index is 628. The molecule has 0 bridgehead atoms. The zero-order valence-electron chi connectivity index (χ0n) is 13.7. The van der Waals surface area contributed by atoms with Gasteiger partial charge in [-0.2, -0.15) is 0 Å². The summed E-state index contributed by atoms with van der Waals surface area (Å²) in [5, 5.41) is 8.97. The molecule has 1 N–H and O–H groups in total. The molecule has 1 aliphatic heterocycles. The molecule has 7 nitrogen and oxygen atoms in total. The van der Waals surface area contributed by atoms with Gasteiger partial charge < -0.3 is 24.2 Å². The average molecular weight is 335 g/mol. The Balaban J connectivity index is 2.04. The summed E-state index contributed by atoms with van der Waals surface area (Å²) in [7, 11) is 1.55. The Morgan fingerprint density at radius 2 is 2.21 bits per heavy atom. The summed E-state index contributed by atoms with van der Waals surface area (Å²) >= 11 is 0. The molecule has 24 heavy (non-hydrogen) atoms. The van der Waals surface area contributed by atoms with Crippen LogP contribution < -0.4 is 9.47 Å². The van der Waals surface area contributed by atoms with Gasteiger partial charge in [0.2, 0.25) is 5.91 Å². The third kappa shape index (κ3) is 4.48. The van der Waals surface area contributed by atoms with Gasteiger partial charge in [0, 0.05) is 12.6 Å². The van der Waals surface area contributed by atoms with Crippen LogP contribution in [0.3, 0.4) is 0 Å². The SMILES string of the molecule is CCOc1ccc(C=CC(=O)N2CCOC(C(=O)O)C2)cc1OC. The van der Waals surface area contributed by atoms with E-state index in [1.165, 1.54) is 11.0 Å². The highest BCUT2D eigenvalue weighted by Gasteiger charge is 2.27. The van der Waals surface area contributed by atoms with Crippen molar-refractivity contribution in [3.63, 3.8) is 0 Å². The molecular weight excluding hydrogens is 314 g/mol. The van der Waals surface area contributed by atoms with E-state index in [0.29, 0.717) is 24.7 Å². The van der Waals surface area contributed by atoms with Gasteiger partial charge in [0.15, 0.2) is 17.6 Å². The number of methoxy groups -OCH3 is 1. The molecule has 1 amide bonds. The molecule has 0 radical (unpaired) electrons. The second kappa shape index (κ2) is 8.35. The van der Waals surface area contributed by atoms with Crippen molar-refractivity contribution in [3.05, 3.63) is 29.8 Å². The number of carbonyl (C=O) groups excluding carboxylic acids is 1. The van der Waals surface area contributed by atoms with Crippen LogP contribution in [-0.2, 0) is 14.3 Å². The number of amides is 1. The molecule has 7 heteroatoms. The Kier molecular flexibility index (Phi) is 6.20. The molecule has 1 fully saturated rings. The van der Waals surface area contributed by atoms with E-state index in [9.17, 15) is 9.59 Å². The van der Waals surface area contributed by atoms with Crippen LogP contribution in [0.2, 0.25) is 0 Å². The normalized spacial score (nSPS) is 17.8. The number of hydrogen-bond donors (Lipinski definition) is 1. The van der Waals surface area contributed by atoms with Crippen LogP contribution in [0.25, 0.3) is 6.08 Å². The van der Waals surface area contributed by atoms with Crippen molar-refractivity contribution in [2.75, 3.05) is 33.4 Å². The van der Waals surface area contributed by atoms with Gasteiger partial charge in [-0.3, -0.25) is 4.79 Å². The number of rotatable bonds is 6. The lowest BCUT2D eigenvalue weighted by Gasteiger charge is -2.30. The standard InChI is InChI=1S/C17H21NO6/c1-3-23-13-6-4-12(10-14(13)22-2)5-7-16(19)18-8-9-24-15(11-18)17(20)21/h4-7,10,15H,3,8-9,11H2,1-2H3,(H,20,21). The van der Waals surface area contributed by atoms with E-state index in [0.717, 1.165) is 5.56 Å². The molecular formula is C17H21NO6. The van der Waals surface area contributed by atoms with Gasteiger partial charge in [0.25, 0.3) is 0 Å². The lowest BCUT2D eigenvalue weighted by Crippen LogP contribution is -2.48. The summed E-state index contributed by atoms with van der Waals surface area (Å²) in [5.41, 5.74) is 0.784. The van der Waals surface area contributed by atoms with Crippen LogP contribution >= 0.6 is 0 Å². The van der Waals surface area contributed by atoms with Crippen molar-refractivity contribution < 1.29 is 28.9 Å². The molecule has 0 aliphatic carbocycles. The van der Waals surface area contributed by atoms with Crippen LogP contribution in [0.1, 0.15) is 12.5 Å². The van der Waals surface area contributed by atoms with E-state index < -0.39 is 12.1 Å². The van der Waals surface area contributed by atoms with Gasteiger partial charge in [-0.1, -0.05) is 6.07 Å². The number of ether oxygens (including phenoxy) is 3. The zero-order chi connectivity index (χ0) is 17.5. The first-order valence-corrected chi connectivity index (χ1v) is 7.67. The van der Waals surface area contributed by atoms with E-state index in [1.54, 1.807) is 25.3 Å². The lowest BCUT2D eigenvalue weighted by atomic mass is 10.1. The van der Waals surface area contributed by atoms with E-state index in [1.807, 2.05) is 13.0 Å². The van der Waals surface area contributed by atoms with E-state index in [-0.39, 0.29) is 19.1 Å². The van der Waals surface area contributed by atoms with Gasteiger partial charge in [0.1, 0.15) is 0 Å². The highest BCUT2D eigenvalue weighted by Crippen LogP contribution is 2.28. The maximum absolute atomic E-state index is 12.2. The minimum Gasteiger partial charge on any atom is -0.493 e. The van der Waals surface area contributed by atoms with E-state index in [2.05, 4.69) is 0 Å². The summed E-state index contributed by atoms with van der Waals surface area (Å²) in [6, 6.07) is 5.37. The zero-order valence-corrected chi connectivity index (χ0v) is 13.7. The number of carboxylic acids is 1. The Morgan fingerprint density at radius 1 is 1.42 bits per heavy atom. The highest BCUT2D eigenvalue weighted by atomic mass is 16.5. The van der Waals surface area contributed by atoms with Gasteiger partial charge in [-0.15, -0.1) is 0 Å². The van der Waals surface area contributed by atoms with Crippen LogP contribution in [0.4, 0.5) is 0 Å². The van der Waals surface area contributed by atoms with Gasteiger partial charge in [-0.25, -0.2) is 4.79 Å². The number of nitrogens with zero attached hydrogens (tertiary/aromatic N) is 1. The fourth-order valence-electron chi connectivity index (χ4n) is 2.33. The Labute approximate surface area is 140 Å². The number of benzene rings is 1. The largest absolute Gasteiger partial charge is 0.493 e. The molecule has 2 rings (SSSR count). The first-order valence-electron chi connectivity index (χ1n) is 7.67.